The number of sulfonamides is 1. The van der Waals surface area contributed by atoms with Gasteiger partial charge in [0, 0.05) is 37.7 Å². The highest BCUT2D eigenvalue weighted by Gasteiger charge is 2.27. The highest BCUT2D eigenvalue weighted by Crippen LogP contribution is 2.24. The Morgan fingerprint density at radius 1 is 0.967 bits per heavy atom. The zero-order chi connectivity index (χ0) is 21.6. The van der Waals surface area contributed by atoms with Gasteiger partial charge in [0.25, 0.3) is 5.91 Å². The van der Waals surface area contributed by atoms with Gasteiger partial charge in [-0.25, -0.2) is 8.42 Å². The Kier molecular flexibility index (Phi) is 7.88. The summed E-state index contributed by atoms with van der Waals surface area (Å²) in [5, 5.41) is 5.69. The average Bonchev–Trinajstić information content (AvgIpc) is 2.77. The summed E-state index contributed by atoms with van der Waals surface area (Å²) in [6.07, 6.45) is 8.06. The van der Waals surface area contributed by atoms with Crippen molar-refractivity contribution in [3.05, 3.63) is 29.3 Å². The minimum Gasteiger partial charge on any atom is -0.354 e. The lowest BCUT2D eigenvalue weighted by molar-refractivity contribution is -0.125. The Labute approximate surface area is 179 Å². The molecular formula is C22H33N3O4S. The third-order valence-corrected chi connectivity index (χ3v) is 7.99. The molecule has 1 saturated heterocycles. The highest BCUT2D eigenvalue weighted by atomic mass is 32.2. The predicted octanol–water partition coefficient (Wildman–Crippen LogP) is 2.60. The van der Waals surface area contributed by atoms with E-state index in [-0.39, 0.29) is 22.6 Å². The van der Waals surface area contributed by atoms with Crippen molar-refractivity contribution in [1.82, 2.24) is 14.9 Å². The number of amides is 2. The maximum absolute atomic E-state index is 12.9. The van der Waals surface area contributed by atoms with E-state index in [2.05, 4.69) is 10.6 Å². The van der Waals surface area contributed by atoms with Crippen LogP contribution in [0, 0.1) is 12.8 Å². The van der Waals surface area contributed by atoms with E-state index >= 15 is 0 Å². The zero-order valence-electron chi connectivity index (χ0n) is 17.8. The molecule has 1 aliphatic carbocycles. The summed E-state index contributed by atoms with van der Waals surface area (Å²) in [5.74, 6) is -0.168. The van der Waals surface area contributed by atoms with Gasteiger partial charge in [0.1, 0.15) is 0 Å². The SMILES string of the molecule is Cc1ccc(S(=O)(=O)N2CCCCC2)cc1C(=O)NCCNC(=O)C1CCCCC1. The predicted molar refractivity (Wildman–Crippen MR) is 116 cm³/mol. The van der Waals surface area contributed by atoms with Crippen molar-refractivity contribution in [2.45, 2.75) is 63.2 Å². The van der Waals surface area contributed by atoms with Crippen LogP contribution in [-0.2, 0) is 14.8 Å². The minimum atomic E-state index is -3.59. The summed E-state index contributed by atoms with van der Waals surface area (Å²) < 4.78 is 27.3. The second-order valence-corrected chi connectivity index (χ2v) is 10.3. The van der Waals surface area contributed by atoms with E-state index < -0.39 is 10.0 Å². The van der Waals surface area contributed by atoms with Crippen molar-refractivity contribution in [2.24, 2.45) is 5.92 Å². The van der Waals surface area contributed by atoms with Gasteiger partial charge in [0.15, 0.2) is 0 Å². The Morgan fingerprint density at radius 2 is 1.60 bits per heavy atom. The number of aryl methyl sites for hydroxylation is 1. The molecule has 2 amide bonds. The fourth-order valence-corrected chi connectivity index (χ4v) is 5.77. The first-order chi connectivity index (χ1) is 14.4. The third kappa shape index (κ3) is 5.60. The van der Waals surface area contributed by atoms with E-state index in [4.69, 9.17) is 0 Å². The second kappa shape index (κ2) is 10.4. The van der Waals surface area contributed by atoms with Crippen LogP contribution >= 0.6 is 0 Å². The Bertz CT molecular complexity index is 857. The van der Waals surface area contributed by atoms with E-state index in [0.29, 0.717) is 31.7 Å². The number of carbonyl (C=O) groups excluding carboxylic acids is 2. The number of rotatable bonds is 7. The normalized spacial score (nSPS) is 18.7. The lowest BCUT2D eigenvalue weighted by Crippen LogP contribution is -2.38. The van der Waals surface area contributed by atoms with Gasteiger partial charge in [0.05, 0.1) is 4.90 Å². The van der Waals surface area contributed by atoms with Gasteiger partial charge in [0.2, 0.25) is 15.9 Å². The highest BCUT2D eigenvalue weighted by molar-refractivity contribution is 7.89. The lowest BCUT2D eigenvalue weighted by Gasteiger charge is -2.26. The number of benzene rings is 1. The molecule has 1 saturated carbocycles. The first-order valence-electron chi connectivity index (χ1n) is 11.1. The molecule has 166 valence electrons. The summed E-state index contributed by atoms with van der Waals surface area (Å²) >= 11 is 0. The quantitative estimate of drug-likeness (QED) is 0.644. The molecule has 0 unspecified atom stereocenters. The number of hydrogen-bond acceptors (Lipinski definition) is 4. The summed E-state index contributed by atoms with van der Waals surface area (Å²) in [6.45, 7) is 3.51. The van der Waals surface area contributed by atoms with E-state index in [1.54, 1.807) is 19.1 Å². The standard InChI is InChI=1S/C22H33N3O4S/c1-17-10-11-19(30(28,29)25-14-6-3-7-15-25)16-20(17)22(27)24-13-12-23-21(26)18-8-4-2-5-9-18/h10-11,16,18H,2-9,12-15H2,1H3,(H,23,26)(H,24,27). The first-order valence-corrected chi connectivity index (χ1v) is 12.5. The number of hydrogen-bond donors (Lipinski definition) is 2. The fraction of sp³-hybridized carbons (Fsp3) is 0.636. The Balaban J connectivity index is 1.56. The molecule has 3 rings (SSSR count). The number of carbonyl (C=O) groups is 2. The number of nitrogens with one attached hydrogen (secondary N) is 2. The Hall–Kier alpha value is -1.93. The minimum absolute atomic E-state index is 0.0646. The van der Waals surface area contributed by atoms with Crippen LogP contribution in [0.4, 0.5) is 0 Å². The molecule has 2 fully saturated rings. The molecule has 1 aliphatic heterocycles. The molecular weight excluding hydrogens is 402 g/mol. The van der Waals surface area contributed by atoms with Crippen molar-refractivity contribution in [2.75, 3.05) is 26.2 Å². The smallest absolute Gasteiger partial charge is 0.251 e. The van der Waals surface area contributed by atoms with Gasteiger partial charge in [-0.3, -0.25) is 9.59 Å². The topological polar surface area (TPSA) is 95.6 Å². The number of nitrogens with zero attached hydrogens (tertiary/aromatic N) is 1. The lowest BCUT2D eigenvalue weighted by atomic mass is 9.89. The second-order valence-electron chi connectivity index (χ2n) is 8.32. The molecule has 1 aromatic rings. The van der Waals surface area contributed by atoms with Gasteiger partial charge in [-0.2, -0.15) is 4.31 Å². The van der Waals surface area contributed by atoms with Gasteiger partial charge in [-0.15, -0.1) is 0 Å². The molecule has 0 radical (unpaired) electrons. The molecule has 7 nitrogen and oxygen atoms in total. The van der Waals surface area contributed by atoms with E-state index in [1.807, 2.05) is 0 Å². The van der Waals surface area contributed by atoms with Crippen LogP contribution in [-0.4, -0.2) is 50.7 Å². The van der Waals surface area contributed by atoms with Crippen molar-refractivity contribution >= 4 is 21.8 Å². The summed E-state index contributed by atoms with van der Waals surface area (Å²) in [6, 6.07) is 4.71. The van der Waals surface area contributed by atoms with Gasteiger partial charge < -0.3 is 10.6 Å². The van der Waals surface area contributed by atoms with Crippen molar-refractivity contribution in [3.63, 3.8) is 0 Å². The summed E-state index contributed by atoms with van der Waals surface area (Å²) in [4.78, 5) is 25.0. The molecule has 1 aromatic carbocycles. The molecule has 8 heteroatoms. The maximum atomic E-state index is 12.9. The van der Waals surface area contributed by atoms with E-state index in [9.17, 15) is 18.0 Å². The van der Waals surface area contributed by atoms with Gasteiger partial charge >= 0.3 is 0 Å². The first kappa shape index (κ1) is 22.7. The third-order valence-electron chi connectivity index (χ3n) is 6.09. The van der Waals surface area contributed by atoms with Crippen LogP contribution in [0.15, 0.2) is 23.1 Å². The van der Waals surface area contributed by atoms with Gasteiger partial charge in [-0.05, 0) is 50.3 Å². The number of piperidine rings is 1. The molecule has 0 bridgehead atoms. The van der Waals surface area contributed by atoms with Crippen LogP contribution in [0.1, 0.15) is 67.3 Å². The van der Waals surface area contributed by atoms with E-state index in [1.165, 1.54) is 16.8 Å². The van der Waals surface area contributed by atoms with Crippen molar-refractivity contribution in [3.8, 4) is 0 Å². The fourth-order valence-electron chi connectivity index (χ4n) is 4.23. The Morgan fingerprint density at radius 3 is 2.30 bits per heavy atom. The molecule has 1 heterocycles. The van der Waals surface area contributed by atoms with E-state index in [0.717, 1.165) is 50.5 Å². The van der Waals surface area contributed by atoms with Crippen LogP contribution in [0.3, 0.4) is 0 Å². The molecule has 0 atom stereocenters. The zero-order valence-corrected chi connectivity index (χ0v) is 18.6. The van der Waals surface area contributed by atoms with Crippen LogP contribution in [0.2, 0.25) is 0 Å². The molecule has 0 spiro atoms. The monoisotopic (exact) mass is 435 g/mol. The largest absolute Gasteiger partial charge is 0.354 e. The van der Waals surface area contributed by atoms with Gasteiger partial charge in [-0.1, -0.05) is 31.7 Å². The maximum Gasteiger partial charge on any atom is 0.251 e. The summed E-state index contributed by atoms with van der Waals surface area (Å²) in [7, 11) is -3.59. The van der Waals surface area contributed by atoms with Crippen LogP contribution < -0.4 is 10.6 Å². The average molecular weight is 436 g/mol. The van der Waals surface area contributed by atoms with Crippen molar-refractivity contribution in [1.29, 1.82) is 0 Å². The van der Waals surface area contributed by atoms with Crippen LogP contribution in [0.25, 0.3) is 0 Å². The molecule has 2 N–H and O–H groups in total. The van der Waals surface area contributed by atoms with Crippen LogP contribution in [0.5, 0.6) is 0 Å². The van der Waals surface area contributed by atoms with Crippen molar-refractivity contribution < 1.29 is 18.0 Å². The molecule has 0 aromatic heterocycles. The summed E-state index contributed by atoms with van der Waals surface area (Å²) in [5.41, 5.74) is 1.07. The molecule has 30 heavy (non-hydrogen) atoms. The molecule has 2 aliphatic rings.